The second kappa shape index (κ2) is 4.71. The molecule has 2 rings (SSSR count). The first-order valence-corrected chi connectivity index (χ1v) is 5.94. The summed E-state index contributed by atoms with van der Waals surface area (Å²) in [5, 5.41) is 14.0. The molecule has 0 bridgehead atoms. The Morgan fingerprint density at radius 3 is 2.61 bits per heavy atom. The summed E-state index contributed by atoms with van der Waals surface area (Å²) < 4.78 is 0. The zero-order valence-electron chi connectivity index (χ0n) is 9.21. The first-order chi connectivity index (χ1) is 8.50. The summed E-state index contributed by atoms with van der Waals surface area (Å²) in [6, 6.07) is 9.38. The van der Waals surface area contributed by atoms with Crippen molar-refractivity contribution in [2.75, 3.05) is 0 Å². The van der Waals surface area contributed by atoms with E-state index in [1.54, 1.807) is 5.41 Å². The SMILES string of the molecule is NC1(NC(=O)C(=O)O)NC(c2ccccc2)=CS1. The molecular weight excluding hydrogens is 254 g/mol. The maximum atomic E-state index is 11.1. The number of carboxylic acids is 1. The molecule has 1 unspecified atom stereocenters. The van der Waals surface area contributed by atoms with E-state index < -0.39 is 17.0 Å². The molecule has 0 fully saturated rings. The van der Waals surface area contributed by atoms with Gasteiger partial charge in [0.05, 0.1) is 5.70 Å². The van der Waals surface area contributed by atoms with E-state index in [9.17, 15) is 9.59 Å². The molecule has 1 amide bonds. The molecule has 6 nitrogen and oxygen atoms in total. The fraction of sp³-hybridized carbons (Fsp3) is 0.0909. The summed E-state index contributed by atoms with van der Waals surface area (Å²) in [6.07, 6.45) is 0. The van der Waals surface area contributed by atoms with E-state index in [1.165, 1.54) is 0 Å². The quantitative estimate of drug-likeness (QED) is 0.446. The number of hydrogen-bond acceptors (Lipinski definition) is 5. The van der Waals surface area contributed by atoms with Crippen LogP contribution in [0.25, 0.3) is 5.70 Å². The number of carbonyl (C=O) groups is 2. The highest BCUT2D eigenvalue weighted by atomic mass is 32.2. The van der Waals surface area contributed by atoms with Gasteiger partial charge in [-0.15, -0.1) is 0 Å². The van der Waals surface area contributed by atoms with Gasteiger partial charge in [-0.3, -0.25) is 10.5 Å². The molecule has 0 saturated heterocycles. The molecule has 1 aromatic carbocycles. The highest BCUT2D eigenvalue weighted by Gasteiger charge is 2.34. The Morgan fingerprint density at radius 2 is 2.00 bits per heavy atom. The molecule has 0 radical (unpaired) electrons. The van der Waals surface area contributed by atoms with Gasteiger partial charge < -0.3 is 15.7 Å². The van der Waals surface area contributed by atoms with Crippen LogP contribution in [0.4, 0.5) is 0 Å². The van der Waals surface area contributed by atoms with E-state index in [0.717, 1.165) is 23.0 Å². The molecule has 1 aliphatic rings. The van der Waals surface area contributed by atoms with Gasteiger partial charge in [0.2, 0.25) is 5.12 Å². The predicted octanol–water partition coefficient (Wildman–Crippen LogP) is 0.0922. The van der Waals surface area contributed by atoms with Gasteiger partial charge in [0.25, 0.3) is 0 Å². The lowest BCUT2D eigenvalue weighted by Gasteiger charge is -2.25. The topological polar surface area (TPSA) is 104 Å². The molecule has 1 aromatic rings. The zero-order valence-corrected chi connectivity index (χ0v) is 10.0. The van der Waals surface area contributed by atoms with Crippen molar-refractivity contribution in [2.45, 2.75) is 5.12 Å². The Hall–Kier alpha value is -1.99. The zero-order chi connectivity index (χ0) is 13.2. The Labute approximate surface area is 107 Å². The number of carbonyl (C=O) groups excluding carboxylic acids is 1. The average molecular weight is 265 g/mol. The maximum absolute atomic E-state index is 11.1. The molecule has 7 heteroatoms. The molecule has 18 heavy (non-hydrogen) atoms. The predicted molar refractivity (Wildman–Crippen MR) is 67.8 cm³/mol. The average Bonchev–Trinajstić information content (AvgIpc) is 2.72. The Balaban J connectivity index is 2.06. The fourth-order valence-electron chi connectivity index (χ4n) is 1.45. The monoisotopic (exact) mass is 265 g/mol. The number of aliphatic carboxylic acids is 1. The van der Waals surface area contributed by atoms with Gasteiger partial charge in [0.15, 0.2) is 0 Å². The van der Waals surface area contributed by atoms with Crippen molar-refractivity contribution in [3.05, 3.63) is 41.3 Å². The van der Waals surface area contributed by atoms with Gasteiger partial charge in [-0.05, 0) is 5.56 Å². The van der Waals surface area contributed by atoms with Crippen molar-refractivity contribution in [1.82, 2.24) is 10.6 Å². The molecular formula is C11H11N3O3S. The van der Waals surface area contributed by atoms with Gasteiger partial charge in [-0.25, -0.2) is 4.79 Å². The Kier molecular flexibility index (Phi) is 3.26. The first kappa shape index (κ1) is 12.5. The molecule has 1 aliphatic heterocycles. The van der Waals surface area contributed by atoms with Crippen LogP contribution in [-0.4, -0.2) is 22.1 Å². The largest absolute Gasteiger partial charge is 0.474 e. The van der Waals surface area contributed by atoms with Crippen LogP contribution in [0, 0.1) is 0 Å². The normalized spacial score (nSPS) is 21.9. The van der Waals surface area contributed by atoms with Crippen molar-refractivity contribution in [3.63, 3.8) is 0 Å². The second-order valence-electron chi connectivity index (χ2n) is 3.64. The highest BCUT2D eigenvalue weighted by Crippen LogP contribution is 2.30. The van der Waals surface area contributed by atoms with Crippen LogP contribution in [0.15, 0.2) is 35.7 Å². The van der Waals surface area contributed by atoms with E-state index in [1.807, 2.05) is 30.3 Å². The van der Waals surface area contributed by atoms with Gasteiger partial charge in [-0.1, -0.05) is 42.1 Å². The van der Waals surface area contributed by atoms with E-state index in [2.05, 4.69) is 10.6 Å². The summed E-state index contributed by atoms with van der Waals surface area (Å²) in [4.78, 5) is 21.5. The van der Waals surface area contributed by atoms with Crippen molar-refractivity contribution >= 4 is 29.3 Å². The van der Waals surface area contributed by atoms with Crippen LogP contribution >= 0.6 is 11.8 Å². The molecule has 94 valence electrons. The van der Waals surface area contributed by atoms with Crippen molar-refractivity contribution in [3.8, 4) is 0 Å². The number of thioether (sulfide) groups is 1. The van der Waals surface area contributed by atoms with Gasteiger partial charge in [-0.2, -0.15) is 0 Å². The number of benzene rings is 1. The van der Waals surface area contributed by atoms with Crippen LogP contribution in [0.2, 0.25) is 0 Å². The molecule has 0 spiro atoms. The minimum Gasteiger partial charge on any atom is -0.474 e. The van der Waals surface area contributed by atoms with E-state index >= 15 is 0 Å². The minimum absolute atomic E-state index is 0.730. The molecule has 1 atom stereocenters. The van der Waals surface area contributed by atoms with Crippen molar-refractivity contribution in [2.24, 2.45) is 5.73 Å². The minimum atomic E-state index is -1.57. The molecule has 1 heterocycles. The van der Waals surface area contributed by atoms with Crippen molar-refractivity contribution < 1.29 is 14.7 Å². The van der Waals surface area contributed by atoms with Crippen LogP contribution < -0.4 is 16.4 Å². The lowest BCUT2D eigenvalue weighted by Crippen LogP contribution is -2.61. The highest BCUT2D eigenvalue weighted by molar-refractivity contribution is 8.03. The standard InChI is InChI=1S/C11H11N3O3S/c12-11(14-9(15)10(16)17)13-8(6-18-11)7-4-2-1-3-5-7/h1-6,13H,12H2,(H,14,15)(H,16,17). The fourth-order valence-corrected chi connectivity index (χ4v) is 2.27. The summed E-state index contributed by atoms with van der Waals surface area (Å²) in [7, 11) is 0. The number of hydrogen-bond donors (Lipinski definition) is 4. The number of amides is 1. The molecule has 0 saturated carbocycles. The summed E-state index contributed by atoms with van der Waals surface area (Å²) in [5.41, 5.74) is 7.46. The lowest BCUT2D eigenvalue weighted by molar-refractivity contribution is -0.150. The molecule has 0 aliphatic carbocycles. The van der Waals surface area contributed by atoms with E-state index in [4.69, 9.17) is 10.8 Å². The first-order valence-electron chi connectivity index (χ1n) is 5.06. The van der Waals surface area contributed by atoms with Crippen LogP contribution in [0.5, 0.6) is 0 Å². The second-order valence-corrected chi connectivity index (χ2v) is 4.75. The Bertz CT molecular complexity index is 518. The number of rotatable bonds is 2. The van der Waals surface area contributed by atoms with Crippen LogP contribution in [0.3, 0.4) is 0 Å². The maximum Gasteiger partial charge on any atom is 0.394 e. The van der Waals surface area contributed by atoms with Crippen molar-refractivity contribution in [1.29, 1.82) is 0 Å². The number of nitrogens with two attached hydrogens (primary N) is 1. The summed E-state index contributed by atoms with van der Waals surface area (Å²) >= 11 is 1.10. The third-order valence-electron chi connectivity index (χ3n) is 2.26. The molecule has 5 N–H and O–H groups in total. The lowest BCUT2D eigenvalue weighted by atomic mass is 10.2. The number of carboxylic acid groups (broad SMARTS) is 1. The van der Waals surface area contributed by atoms with Gasteiger partial charge in [0, 0.05) is 5.41 Å². The van der Waals surface area contributed by atoms with Gasteiger partial charge >= 0.3 is 11.9 Å². The third-order valence-corrected chi connectivity index (χ3v) is 3.19. The summed E-state index contributed by atoms with van der Waals surface area (Å²) in [5.74, 6) is -2.73. The van der Waals surface area contributed by atoms with Crippen LogP contribution in [0.1, 0.15) is 5.56 Å². The number of nitrogens with one attached hydrogen (secondary N) is 2. The smallest absolute Gasteiger partial charge is 0.394 e. The third kappa shape index (κ3) is 2.63. The van der Waals surface area contributed by atoms with E-state index in [-0.39, 0.29) is 0 Å². The van der Waals surface area contributed by atoms with E-state index in [0.29, 0.717) is 0 Å². The van der Waals surface area contributed by atoms with Crippen LogP contribution in [-0.2, 0) is 9.59 Å². The van der Waals surface area contributed by atoms with Gasteiger partial charge in [0.1, 0.15) is 0 Å². The molecule has 0 aromatic heterocycles. The summed E-state index contributed by atoms with van der Waals surface area (Å²) in [6.45, 7) is 0. The Morgan fingerprint density at radius 1 is 1.33 bits per heavy atom.